The number of benzene rings is 2. The van der Waals surface area contributed by atoms with Crippen molar-refractivity contribution in [2.45, 2.75) is 37.8 Å². The number of fused-ring (bicyclic) bond motifs is 3. The molecule has 0 atom stereocenters. The summed E-state index contributed by atoms with van der Waals surface area (Å²) in [6.07, 6.45) is 5.58. The van der Waals surface area contributed by atoms with Crippen LogP contribution in [-0.4, -0.2) is 39.1 Å². The molecule has 0 spiro atoms. The predicted octanol–water partition coefficient (Wildman–Crippen LogP) is 4.67. The number of hydrazone groups is 1. The maximum Gasteiger partial charge on any atom is 0.267 e. The highest BCUT2D eigenvalue weighted by atomic mass is 32.2. The van der Waals surface area contributed by atoms with Crippen LogP contribution in [-0.2, 0) is 17.6 Å². The van der Waals surface area contributed by atoms with E-state index in [0.717, 1.165) is 41.8 Å². The zero-order valence-corrected chi connectivity index (χ0v) is 21.9. The molecule has 2 aromatic carbocycles. The summed E-state index contributed by atoms with van der Waals surface area (Å²) in [7, 11) is 0. The molecule has 1 aliphatic carbocycles. The Hall–Kier alpha value is -3.63. The summed E-state index contributed by atoms with van der Waals surface area (Å²) in [5, 5.41) is 15.0. The van der Waals surface area contributed by atoms with Crippen LogP contribution in [0.3, 0.4) is 0 Å². The number of phenolic OH excluding ortho intramolecular Hbond substituents is 1. The van der Waals surface area contributed by atoms with Gasteiger partial charge < -0.3 is 9.84 Å². The first-order valence-electron chi connectivity index (χ1n) is 12.1. The zero-order valence-electron chi connectivity index (χ0n) is 20.3. The van der Waals surface area contributed by atoms with Crippen molar-refractivity contribution >= 4 is 45.4 Å². The fourth-order valence-corrected chi connectivity index (χ4v) is 6.42. The van der Waals surface area contributed by atoms with E-state index in [-0.39, 0.29) is 23.0 Å². The van der Waals surface area contributed by atoms with Crippen molar-refractivity contribution in [3.05, 3.63) is 74.9 Å². The number of aromatic nitrogens is 2. The Morgan fingerprint density at radius 2 is 2.05 bits per heavy atom. The molecule has 0 aliphatic heterocycles. The lowest BCUT2D eigenvalue weighted by Crippen LogP contribution is -2.24. The first kappa shape index (κ1) is 25.0. The molecule has 37 heavy (non-hydrogen) atoms. The number of hydrogen-bond donors (Lipinski definition) is 2. The summed E-state index contributed by atoms with van der Waals surface area (Å²) in [6, 6.07) is 14.2. The van der Waals surface area contributed by atoms with Gasteiger partial charge in [-0.05, 0) is 74.1 Å². The molecule has 190 valence electrons. The highest BCUT2D eigenvalue weighted by Gasteiger charge is 2.23. The molecule has 0 saturated carbocycles. The highest BCUT2D eigenvalue weighted by molar-refractivity contribution is 7.99. The molecule has 2 aromatic heterocycles. The van der Waals surface area contributed by atoms with Gasteiger partial charge in [-0.15, -0.1) is 11.3 Å². The van der Waals surface area contributed by atoms with Crippen molar-refractivity contribution in [1.82, 2.24) is 15.0 Å². The number of nitrogens with zero attached hydrogens (tertiary/aromatic N) is 3. The molecular formula is C27H26N4O4S2. The van der Waals surface area contributed by atoms with E-state index in [1.807, 2.05) is 37.3 Å². The minimum absolute atomic E-state index is 0.0347. The molecule has 1 aliphatic rings. The second kappa shape index (κ2) is 11.2. The van der Waals surface area contributed by atoms with Gasteiger partial charge in [0.25, 0.3) is 11.5 Å². The molecule has 1 amide bonds. The lowest BCUT2D eigenvalue weighted by molar-refractivity contribution is -0.118. The van der Waals surface area contributed by atoms with Crippen LogP contribution in [0.4, 0.5) is 0 Å². The summed E-state index contributed by atoms with van der Waals surface area (Å²) < 4.78 is 6.98. The maximum absolute atomic E-state index is 13.7. The van der Waals surface area contributed by atoms with E-state index in [9.17, 15) is 14.7 Å². The summed E-state index contributed by atoms with van der Waals surface area (Å²) in [5.74, 6) is 0.0980. The SMILES string of the molecule is CCOc1cc(/C=N/NC(=O)CSc2nc3sc4c(c3c(=O)n2-c2ccccc2)CCCC4)ccc1O. The van der Waals surface area contributed by atoms with Gasteiger partial charge in [-0.2, -0.15) is 5.10 Å². The molecule has 2 heterocycles. The van der Waals surface area contributed by atoms with Crippen molar-refractivity contribution in [3.8, 4) is 17.2 Å². The fraction of sp³-hybridized carbons (Fsp3) is 0.259. The first-order valence-corrected chi connectivity index (χ1v) is 13.9. The van der Waals surface area contributed by atoms with Crippen LogP contribution in [0.2, 0.25) is 0 Å². The van der Waals surface area contributed by atoms with E-state index in [0.29, 0.717) is 28.5 Å². The number of hydrogen-bond acceptors (Lipinski definition) is 8. The van der Waals surface area contributed by atoms with Gasteiger partial charge in [-0.3, -0.25) is 14.2 Å². The lowest BCUT2D eigenvalue weighted by atomic mass is 9.97. The van der Waals surface area contributed by atoms with Crippen LogP contribution in [0.25, 0.3) is 15.9 Å². The minimum Gasteiger partial charge on any atom is -0.504 e. The van der Waals surface area contributed by atoms with Crippen molar-refractivity contribution in [1.29, 1.82) is 0 Å². The highest BCUT2D eigenvalue weighted by Crippen LogP contribution is 2.35. The average molecular weight is 535 g/mol. The zero-order chi connectivity index (χ0) is 25.8. The molecular weight excluding hydrogens is 508 g/mol. The van der Waals surface area contributed by atoms with Gasteiger partial charge in [0, 0.05) is 4.88 Å². The van der Waals surface area contributed by atoms with Crippen molar-refractivity contribution in [2.75, 3.05) is 12.4 Å². The number of carbonyl (C=O) groups is 1. The topological polar surface area (TPSA) is 106 Å². The second-order valence-corrected chi connectivity index (χ2v) is 10.5. The maximum atomic E-state index is 13.7. The fourth-order valence-electron chi connectivity index (χ4n) is 4.31. The van der Waals surface area contributed by atoms with Crippen LogP contribution < -0.4 is 15.7 Å². The molecule has 0 unspecified atom stereocenters. The number of aromatic hydroxyl groups is 1. The summed E-state index contributed by atoms with van der Waals surface area (Å²) >= 11 is 2.80. The number of thioether (sulfide) groups is 1. The van der Waals surface area contributed by atoms with E-state index in [1.54, 1.807) is 28.0 Å². The molecule has 5 rings (SSSR count). The van der Waals surface area contributed by atoms with E-state index in [1.165, 1.54) is 28.9 Å². The monoisotopic (exact) mass is 534 g/mol. The number of aryl methyl sites for hydroxylation is 2. The Kier molecular flexibility index (Phi) is 7.57. The number of ether oxygens (including phenoxy) is 1. The van der Waals surface area contributed by atoms with E-state index in [4.69, 9.17) is 9.72 Å². The molecule has 2 N–H and O–H groups in total. The lowest BCUT2D eigenvalue weighted by Gasteiger charge is -2.13. The Morgan fingerprint density at radius 3 is 2.86 bits per heavy atom. The van der Waals surface area contributed by atoms with Gasteiger partial charge in [0.05, 0.1) is 29.6 Å². The molecule has 0 bridgehead atoms. The van der Waals surface area contributed by atoms with Crippen molar-refractivity contribution < 1.29 is 14.6 Å². The second-order valence-electron chi connectivity index (χ2n) is 8.50. The quantitative estimate of drug-likeness (QED) is 0.147. The van der Waals surface area contributed by atoms with E-state index in [2.05, 4.69) is 10.5 Å². The molecule has 0 radical (unpaired) electrons. The number of para-hydroxylation sites is 1. The first-order chi connectivity index (χ1) is 18.0. The molecule has 0 saturated heterocycles. The van der Waals surface area contributed by atoms with E-state index < -0.39 is 0 Å². The normalized spacial score (nSPS) is 13.1. The number of nitrogens with one attached hydrogen (secondary N) is 1. The van der Waals surface area contributed by atoms with Gasteiger partial charge in [0.2, 0.25) is 0 Å². The van der Waals surface area contributed by atoms with Gasteiger partial charge in [0.1, 0.15) is 4.83 Å². The van der Waals surface area contributed by atoms with Crippen LogP contribution >= 0.6 is 23.1 Å². The average Bonchev–Trinajstić information content (AvgIpc) is 3.29. The van der Waals surface area contributed by atoms with Crippen molar-refractivity contribution in [3.63, 3.8) is 0 Å². The third-order valence-electron chi connectivity index (χ3n) is 5.99. The van der Waals surface area contributed by atoms with Gasteiger partial charge in [-0.1, -0.05) is 30.0 Å². The summed E-state index contributed by atoms with van der Waals surface area (Å²) in [5.41, 5.74) is 4.95. The molecule has 4 aromatic rings. The number of phenols is 1. The number of carbonyl (C=O) groups excluding carboxylic acids is 1. The minimum atomic E-state index is -0.329. The smallest absolute Gasteiger partial charge is 0.267 e. The van der Waals surface area contributed by atoms with Gasteiger partial charge in [0.15, 0.2) is 16.7 Å². The van der Waals surface area contributed by atoms with E-state index >= 15 is 0 Å². The molecule has 10 heteroatoms. The number of amides is 1. The summed E-state index contributed by atoms with van der Waals surface area (Å²) in [4.78, 5) is 33.1. The Balaban J connectivity index is 1.36. The number of rotatable bonds is 8. The Labute approximate surface area is 222 Å². The van der Waals surface area contributed by atoms with Crippen LogP contribution in [0, 0.1) is 0 Å². The Bertz CT molecular complexity index is 1530. The third kappa shape index (κ3) is 5.40. The van der Waals surface area contributed by atoms with Crippen molar-refractivity contribution in [2.24, 2.45) is 5.10 Å². The van der Waals surface area contributed by atoms with Gasteiger partial charge in [-0.25, -0.2) is 10.4 Å². The van der Waals surface area contributed by atoms with Crippen LogP contribution in [0.15, 0.2) is 63.6 Å². The van der Waals surface area contributed by atoms with Crippen LogP contribution in [0.1, 0.15) is 35.8 Å². The number of thiophene rings is 1. The van der Waals surface area contributed by atoms with Gasteiger partial charge >= 0.3 is 0 Å². The summed E-state index contributed by atoms with van der Waals surface area (Å²) in [6.45, 7) is 2.25. The third-order valence-corrected chi connectivity index (χ3v) is 8.12. The van der Waals surface area contributed by atoms with Crippen LogP contribution in [0.5, 0.6) is 11.5 Å². The molecule has 0 fully saturated rings. The molecule has 8 nitrogen and oxygen atoms in total. The largest absolute Gasteiger partial charge is 0.504 e. The Morgan fingerprint density at radius 1 is 1.24 bits per heavy atom. The predicted molar refractivity (Wildman–Crippen MR) is 148 cm³/mol. The standard InChI is InChI=1S/C27H26N4O4S2/c1-2-35-21-14-17(12-13-20(21)32)15-28-30-23(33)16-36-27-29-25-24(19-10-6-7-11-22(19)37-25)26(34)31(27)18-8-4-3-5-9-18/h3-5,8-9,12-15,32H,2,6-7,10-11,16H2,1H3,(H,30,33)/b28-15+.